The van der Waals surface area contributed by atoms with E-state index < -0.39 is 0 Å². The van der Waals surface area contributed by atoms with Crippen molar-refractivity contribution in [3.05, 3.63) is 53.4 Å². The van der Waals surface area contributed by atoms with Crippen molar-refractivity contribution in [1.29, 1.82) is 0 Å². The molecule has 2 heterocycles. The van der Waals surface area contributed by atoms with E-state index in [1.807, 2.05) is 5.41 Å². The number of benzene rings is 2. The maximum atomic E-state index is 10.0. The zero-order valence-corrected chi connectivity index (χ0v) is 13.0. The number of nitrogens with zero attached hydrogens (tertiary/aromatic N) is 3. The Balaban J connectivity index is 1.73. The number of phenolic OH excluding ortho intramolecular Hbond substituents is 3. The number of fused-ring (bicyclic) bond motifs is 1. The molecule has 24 heavy (non-hydrogen) atoms. The van der Waals surface area contributed by atoms with Crippen molar-refractivity contribution in [1.82, 2.24) is 14.9 Å². The van der Waals surface area contributed by atoms with Crippen molar-refractivity contribution in [3.63, 3.8) is 0 Å². The number of nitrogens with one attached hydrogen (secondary N) is 1. The Morgan fingerprint density at radius 2 is 1.75 bits per heavy atom. The lowest BCUT2D eigenvalue weighted by Crippen LogP contribution is -2.18. The minimum absolute atomic E-state index is 0.109. The molecule has 0 saturated heterocycles. The molecule has 0 fully saturated rings. The van der Waals surface area contributed by atoms with Gasteiger partial charge in [0.1, 0.15) is 5.75 Å². The van der Waals surface area contributed by atoms with Crippen LogP contribution >= 0.6 is 11.8 Å². The molecule has 7 nitrogen and oxygen atoms in total. The van der Waals surface area contributed by atoms with E-state index in [0.29, 0.717) is 27.8 Å². The van der Waals surface area contributed by atoms with Crippen molar-refractivity contribution in [2.45, 2.75) is 5.16 Å². The maximum Gasteiger partial charge on any atom is 0.214 e. The zero-order chi connectivity index (χ0) is 16.7. The molecular formula is C16H12N4O3S. The first kappa shape index (κ1) is 14.5. The summed E-state index contributed by atoms with van der Waals surface area (Å²) in [5.74, 6) is 0.209. The fourth-order valence-corrected chi connectivity index (χ4v) is 3.10. The molecule has 8 heteroatoms. The van der Waals surface area contributed by atoms with Crippen LogP contribution in [0, 0.1) is 0 Å². The fraction of sp³-hybridized carbons (Fsp3) is 0. The van der Waals surface area contributed by atoms with Crippen molar-refractivity contribution in [2.24, 2.45) is 0 Å². The number of hydrogen-bond donors (Lipinski definition) is 4. The Kier molecular flexibility index (Phi) is 3.31. The van der Waals surface area contributed by atoms with Crippen LogP contribution in [0.4, 0.5) is 0 Å². The van der Waals surface area contributed by atoms with Crippen LogP contribution < -0.4 is 5.43 Å². The van der Waals surface area contributed by atoms with E-state index in [9.17, 15) is 15.3 Å². The molecule has 0 saturated carbocycles. The highest BCUT2D eigenvalue weighted by Crippen LogP contribution is 2.35. The second-order valence-corrected chi connectivity index (χ2v) is 5.96. The van der Waals surface area contributed by atoms with E-state index in [4.69, 9.17) is 0 Å². The van der Waals surface area contributed by atoms with Gasteiger partial charge in [0.15, 0.2) is 17.3 Å². The monoisotopic (exact) mass is 340 g/mol. The number of rotatable bonds is 2. The molecule has 0 atom stereocenters. The van der Waals surface area contributed by atoms with Crippen LogP contribution in [0.5, 0.6) is 17.2 Å². The Hall–Kier alpha value is -3.13. The molecule has 2 aromatic carbocycles. The summed E-state index contributed by atoms with van der Waals surface area (Å²) in [4.78, 5) is 0. The summed E-state index contributed by atoms with van der Waals surface area (Å²) < 4.78 is 1.67. The molecule has 0 spiro atoms. The normalized spacial score (nSPS) is 13.1. The lowest BCUT2D eigenvalue weighted by atomic mass is 10.1. The van der Waals surface area contributed by atoms with Gasteiger partial charge in [-0.25, -0.2) is 4.68 Å². The third kappa shape index (κ3) is 2.33. The summed E-state index contributed by atoms with van der Waals surface area (Å²) in [7, 11) is 0. The van der Waals surface area contributed by atoms with Gasteiger partial charge in [-0.3, -0.25) is 5.43 Å². The molecule has 1 aliphatic heterocycles. The van der Waals surface area contributed by atoms with E-state index in [1.54, 1.807) is 35.0 Å². The lowest BCUT2D eigenvalue weighted by molar-refractivity contribution is 0.403. The van der Waals surface area contributed by atoms with Gasteiger partial charge in [-0.1, -0.05) is 23.9 Å². The number of para-hydroxylation sites is 1. The number of aromatic hydroxyl groups is 3. The topological polar surface area (TPSA) is 103 Å². The summed E-state index contributed by atoms with van der Waals surface area (Å²) >= 11 is 1.36. The van der Waals surface area contributed by atoms with E-state index >= 15 is 0 Å². The summed E-state index contributed by atoms with van der Waals surface area (Å²) in [5.41, 5.74) is 5.12. The van der Waals surface area contributed by atoms with Crippen molar-refractivity contribution in [3.8, 4) is 28.6 Å². The van der Waals surface area contributed by atoms with E-state index in [-0.39, 0.29) is 17.2 Å². The van der Waals surface area contributed by atoms with Crippen molar-refractivity contribution >= 4 is 17.5 Å². The molecule has 0 aliphatic carbocycles. The highest BCUT2D eigenvalue weighted by molar-refractivity contribution is 8.02. The van der Waals surface area contributed by atoms with Crippen molar-refractivity contribution < 1.29 is 15.3 Å². The largest absolute Gasteiger partial charge is 0.507 e. The predicted octanol–water partition coefficient (Wildman–Crippen LogP) is 2.71. The predicted molar refractivity (Wildman–Crippen MR) is 90.1 cm³/mol. The molecule has 1 aliphatic rings. The third-order valence-corrected chi connectivity index (χ3v) is 4.41. The zero-order valence-electron chi connectivity index (χ0n) is 12.2. The summed E-state index contributed by atoms with van der Waals surface area (Å²) in [6, 6.07) is 11.4. The van der Waals surface area contributed by atoms with Crippen LogP contribution in [0.3, 0.4) is 0 Å². The highest BCUT2D eigenvalue weighted by atomic mass is 32.2. The number of phenols is 3. The minimum Gasteiger partial charge on any atom is -0.507 e. The Labute approximate surface area is 140 Å². The van der Waals surface area contributed by atoms with Gasteiger partial charge in [0.25, 0.3) is 0 Å². The molecular weight excluding hydrogens is 328 g/mol. The Morgan fingerprint density at radius 1 is 0.917 bits per heavy atom. The maximum absolute atomic E-state index is 10.0. The molecule has 3 aromatic rings. The molecule has 1 aromatic heterocycles. The SMILES string of the molecule is Oc1ccc(C2=CSc3nnc(-c4ccccc4O)n3N2)cc1O. The average molecular weight is 340 g/mol. The van der Waals surface area contributed by atoms with Crippen LogP contribution in [-0.2, 0) is 0 Å². The van der Waals surface area contributed by atoms with E-state index in [2.05, 4.69) is 15.6 Å². The average Bonchev–Trinajstić information content (AvgIpc) is 3.01. The highest BCUT2D eigenvalue weighted by Gasteiger charge is 2.21. The van der Waals surface area contributed by atoms with Gasteiger partial charge < -0.3 is 15.3 Å². The van der Waals surface area contributed by atoms with Gasteiger partial charge in [0.05, 0.1) is 11.3 Å². The van der Waals surface area contributed by atoms with Gasteiger partial charge in [0, 0.05) is 11.0 Å². The van der Waals surface area contributed by atoms with Gasteiger partial charge in [0.2, 0.25) is 5.16 Å². The molecule has 0 amide bonds. The van der Waals surface area contributed by atoms with Gasteiger partial charge in [-0.15, -0.1) is 10.2 Å². The van der Waals surface area contributed by atoms with Gasteiger partial charge in [-0.05, 0) is 30.3 Å². The fourth-order valence-electron chi connectivity index (χ4n) is 2.37. The van der Waals surface area contributed by atoms with E-state index in [1.165, 1.54) is 23.9 Å². The molecule has 4 rings (SSSR count). The second-order valence-electron chi connectivity index (χ2n) is 5.12. The van der Waals surface area contributed by atoms with Crippen LogP contribution in [0.1, 0.15) is 5.56 Å². The van der Waals surface area contributed by atoms with Crippen LogP contribution in [-0.4, -0.2) is 30.2 Å². The first-order chi connectivity index (χ1) is 11.6. The quantitative estimate of drug-likeness (QED) is 0.532. The first-order valence-electron chi connectivity index (χ1n) is 7.03. The number of aromatic nitrogens is 3. The summed E-state index contributed by atoms with van der Waals surface area (Å²) in [6.07, 6.45) is 0. The smallest absolute Gasteiger partial charge is 0.214 e. The third-order valence-electron chi connectivity index (χ3n) is 3.58. The van der Waals surface area contributed by atoms with Crippen molar-refractivity contribution in [2.75, 3.05) is 5.43 Å². The van der Waals surface area contributed by atoms with Crippen LogP contribution in [0.15, 0.2) is 53.0 Å². The number of hydrogen-bond acceptors (Lipinski definition) is 7. The van der Waals surface area contributed by atoms with Gasteiger partial charge >= 0.3 is 0 Å². The summed E-state index contributed by atoms with van der Waals surface area (Å²) in [6.45, 7) is 0. The number of thioether (sulfide) groups is 1. The van der Waals surface area contributed by atoms with E-state index in [0.717, 1.165) is 0 Å². The lowest BCUT2D eigenvalue weighted by Gasteiger charge is -2.19. The van der Waals surface area contributed by atoms with Gasteiger partial charge in [-0.2, -0.15) is 0 Å². The minimum atomic E-state index is -0.198. The first-order valence-corrected chi connectivity index (χ1v) is 7.91. The Morgan fingerprint density at radius 3 is 2.54 bits per heavy atom. The molecule has 0 radical (unpaired) electrons. The summed E-state index contributed by atoms with van der Waals surface area (Å²) in [5, 5.41) is 39.9. The molecule has 0 bridgehead atoms. The molecule has 4 N–H and O–H groups in total. The molecule has 0 unspecified atom stereocenters. The standard InChI is InChI=1S/C16H12N4O3S/c21-12-4-2-1-3-10(12)15-17-18-16-20(15)19-11(8-24-16)9-5-6-13(22)14(23)7-9/h1-8,19,21-23H. The second kappa shape index (κ2) is 5.50. The van der Waals surface area contributed by atoms with Crippen LogP contribution in [0.25, 0.3) is 17.1 Å². The van der Waals surface area contributed by atoms with Crippen LogP contribution in [0.2, 0.25) is 0 Å². The Bertz CT molecular complexity index is 968. The molecule has 120 valence electrons.